The number of nitrogens with one attached hydrogen (secondary N) is 1. The highest BCUT2D eigenvalue weighted by molar-refractivity contribution is 7.85. The van der Waals surface area contributed by atoms with Gasteiger partial charge in [0.15, 0.2) is 18.9 Å². The standard InChI is InChI=1S/C15H25NO7S/c1-11(17)22-12(2)23-15(18)13(7-6-10-24(19,20)21)14-8-4-3-5-9-16-14/h3-5,8-9,11-13,15-18H,6-7,10H2,1-2H3,(H,19,20,21). The Balaban J connectivity index is 2.77. The zero-order valence-electron chi connectivity index (χ0n) is 13.7. The van der Waals surface area contributed by atoms with Crippen molar-refractivity contribution in [3.8, 4) is 0 Å². The van der Waals surface area contributed by atoms with Gasteiger partial charge < -0.3 is 25.0 Å². The summed E-state index contributed by atoms with van der Waals surface area (Å²) in [4.78, 5) is 0. The zero-order chi connectivity index (χ0) is 18.2. The molecule has 0 saturated carbocycles. The molecule has 0 spiro atoms. The summed E-state index contributed by atoms with van der Waals surface area (Å²) >= 11 is 0. The summed E-state index contributed by atoms with van der Waals surface area (Å²) in [6.07, 6.45) is 5.94. The summed E-state index contributed by atoms with van der Waals surface area (Å²) in [5, 5.41) is 22.5. The average molecular weight is 363 g/mol. The van der Waals surface area contributed by atoms with Crippen LogP contribution in [0.15, 0.2) is 36.2 Å². The monoisotopic (exact) mass is 363 g/mol. The van der Waals surface area contributed by atoms with Gasteiger partial charge in [0.05, 0.1) is 11.7 Å². The molecule has 0 aromatic heterocycles. The van der Waals surface area contributed by atoms with E-state index in [2.05, 4.69) is 5.32 Å². The predicted octanol–water partition coefficient (Wildman–Crippen LogP) is 0.864. The summed E-state index contributed by atoms with van der Waals surface area (Å²) in [6.45, 7) is 2.95. The first-order valence-electron chi connectivity index (χ1n) is 7.61. The summed E-state index contributed by atoms with van der Waals surface area (Å²) in [6, 6.07) is 0. The molecule has 0 amide bonds. The fourth-order valence-corrected chi connectivity index (χ4v) is 2.77. The van der Waals surface area contributed by atoms with Crippen LogP contribution in [0.4, 0.5) is 0 Å². The number of aliphatic hydroxyl groups excluding tert-OH is 2. The van der Waals surface area contributed by atoms with Crippen molar-refractivity contribution < 1.29 is 32.7 Å². The second kappa shape index (κ2) is 9.92. The third-order valence-electron chi connectivity index (χ3n) is 3.22. The van der Waals surface area contributed by atoms with Crippen molar-refractivity contribution >= 4 is 10.1 Å². The molecule has 1 aliphatic rings. The Bertz CT molecular complexity index is 568. The third kappa shape index (κ3) is 8.57. The van der Waals surface area contributed by atoms with Crippen molar-refractivity contribution in [2.45, 2.75) is 45.6 Å². The van der Waals surface area contributed by atoms with Crippen molar-refractivity contribution in [1.82, 2.24) is 5.32 Å². The quantitative estimate of drug-likeness (QED) is 0.333. The van der Waals surface area contributed by atoms with Crippen molar-refractivity contribution in [3.05, 3.63) is 36.2 Å². The van der Waals surface area contributed by atoms with Crippen molar-refractivity contribution in [2.75, 3.05) is 5.75 Å². The molecule has 1 aliphatic heterocycles. The fourth-order valence-electron chi connectivity index (χ4n) is 2.24. The van der Waals surface area contributed by atoms with Crippen LogP contribution >= 0.6 is 0 Å². The van der Waals surface area contributed by atoms with Gasteiger partial charge in [-0.25, -0.2) is 0 Å². The highest BCUT2D eigenvalue weighted by Gasteiger charge is 2.26. The van der Waals surface area contributed by atoms with Crippen molar-refractivity contribution in [3.63, 3.8) is 0 Å². The van der Waals surface area contributed by atoms with Gasteiger partial charge in [-0.05, 0) is 38.8 Å². The lowest BCUT2D eigenvalue weighted by molar-refractivity contribution is -0.273. The maximum Gasteiger partial charge on any atom is 0.264 e. The fraction of sp³-hybridized carbons (Fsp3) is 0.600. The number of hydrogen-bond acceptors (Lipinski definition) is 7. The highest BCUT2D eigenvalue weighted by atomic mass is 32.2. The molecule has 8 nitrogen and oxygen atoms in total. The Morgan fingerprint density at radius 2 is 1.88 bits per heavy atom. The molecule has 0 radical (unpaired) electrons. The molecular formula is C15H25NO7S. The van der Waals surface area contributed by atoms with E-state index in [0.29, 0.717) is 5.70 Å². The summed E-state index contributed by atoms with van der Waals surface area (Å²) < 4.78 is 40.9. The van der Waals surface area contributed by atoms with E-state index < -0.39 is 40.7 Å². The van der Waals surface area contributed by atoms with Gasteiger partial charge in [-0.15, -0.1) is 0 Å². The van der Waals surface area contributed by atoms with E-state index in [-0.39, 0.29) is 12.8 Å². The zero-order valence-corrected chi connectivity index (χ0v) is 14.5. The van der Waals surface area contributed by atoms with E-state index in [1.165, 1.54) is 13.8 Å². The van der Waals surface area contributed by atoms with Crippen LogP contribution in [-0.2, 0) is 19.6 Å². The van der Waals surface area contributed by atoms with Crippen molar-refractivity contribution in [1.29, 1.82) is 0 Å². The molecule has 0 aliphatic carbocycles. The van der Waals surface area contributed by atoms with E-state index in [4.69, 9.17) is 14.0 Å². The summed E-state index contributed by atoms with van der Waals surface area (Å²) in [5.74, 6) is -0.978. The molecule has 0 fully saturated rings. The third-order valence-corrected chi connectivity index (χ3v) is 4.03. The Morgan fingerprint density at radius 3 is 2.50 bits per heavy atom. The maximum absolute atomic E-state index is 10.9. The van der Waals surface area contributed by atoms with Gasteiger partial charge in [0.1, 0.15) is 0 Å². The second-order valence-electron chi connectivity index (χ2n) is 5.37. The lowest BCUT2D eigenvalue weighted by atomic mass is 9.98. The normalized spacial score (nSPS) is 19.8. The van der Waals surface area contributed by atoms with Crippen LogP contribution in [0, 0.1) is 5.92 Å². The molecule has 0 bridgehead atoms. The van der Waals surface area contributed by atoms with Crippen LogP contribution in [-0.4, -0.2) is 47.8 Å². The molecule has 0 aromatic rings. The molecule has 1 rings (SSSR count). The van der Waals surface area contributed by atoms with Gasteiger partial charge >= 0.3 is 0 Å². The van der Waals surface area contributed by atoms with Gasteiger partial charge in [-0.3, -0.25) is 4.55 Å². The average Bonchev–Trinajstić information content (AvgIpc) is 2.70. The van der Waals surface area contributed by atoms with Gasteiger partial charge in [0, 0.05) is 11.9 Å². The predicted molar refractivity (Wildman–Crippen MR) is 88.0 cm³/mol. The van der Waals surface area contributed by atoms with Crippen LogP contribution in [0.1, 0.15) is 26.7 Å². The largest absolute Gasteiger partial charge is 0.368 e. The van der Waals surface area contributed by atoms with E-state index in [1.54, 1.807) is 30.5 Å². The molecule has 0 saturated heterocycles. The number of hydrogen-bond donors (Lipinski definition) is 4. The first-order chi connectivity index (χ1) is 11.2. The number of ether oxygens (including phenoxy) is 2. The van der Waals surface area contributed by atoms with E-state index >= 15 is 0 Å². The van der Waals surface area contributed by atoms with E-state index in [1.807, 2.05) is 0 Å². The number of allylic oxidation sites excluding steroid dienone is 4. The van der Waals surface area contributed by atoms with E-state index in [0.717, 1.165) is 0 Å². The van der Waals surface area contributed by atoms with Crippen LogP contribution in [0.5, 0.6) is 0 Å². The topological polar surface area (TPSA) is 125 Å². The van der Waals surface area contributed by atoms with Gasteiger partial charge in [0.2, 0.25) is 0 Å². The molecule has 138 valence electrons. The van der Waals surface area contributed by atoms with Gasteiger partial charge in [-0.2, -0.15) is 8.42 Å². The van der Waals surface area contributed by atoms with Crippen molar-refractivity contribution in [2.24, 2.45) is 5.92 Å². The lowest BCUT2D eigenvalue weighted by Gasteiger charge is -2.28. The molecule has 4 unspecified atom stereocenters. The first-order valence-corrected chi connectivity index (χ1v) is 9.22. The van der Waals surface area contributed by atoms with E-state index in [9.17, 15) is 18.6 Å². The minimum atomic E-state index is -4.07. The molecular weight excluding hydrogens is 338 g/mol. The molecule has 1 heterocycles. The lowest BCUT2D eigenvalue weighted by Crippen LogP contribution is -2.34. The molecule has 4 N–H and O–H groups in total. The summed E-state index contributed by atoms with van der Waals surface area (Å²) in [7, 11) is -4.07. The van der Waals surface area contributed by atoms with Crippen LogP contribution in [0.3, 0.4) is 0 Å². The Morgan fingerprint density at radius 1 is 1.17 bits per heavy atom. The van der Waals surface area contributed by atoms with Gasteiger partial charge in [0.25, 0.3) is 10.1 Å². The first kappa shape index (κ1) is 20.8. The maximum atomic E-state index is 10.9. The van der Waals surface area contributed by atoms with Crippen LogP contribution < -0.4 is 5.32 Å². The number of rotatable bonds is 10. The smallest absolute Gasteiger partial charge is 0.264 e. The minimum absolute atomic E-state index is 0.141. The highest BCUT2D eigenvalue weighted by Crippen LogP contribution is 2.23. The molecule has 4 atom stereocenters. The van der Waals surface area contributed by atoms with Gasteiger partial charge in [-0.1, -0.05) is 12.2 Å². The Kier molecular flexibility index (Phi) is 8.60. The molecule has 24 heavy (non-hydrogen) atoms. The molecule has 0 aromatic carbocycles. The van der Waals surface area contributed by atoms with Crippen LogP contribution in [0.25, 0.3) is 0 Å². The Hall–Kier alpha value is -1.23. The number of aliphatic hydroxyl groups is 2. The Labute approximate surface area is 142 Å². The SMILES string of the molecule is CC(O)OC(C)OC(O)C(CCCS(=O)(=O)O)C1=CC=CC=CN1. The minimum Gasteiger partial charge on any atom is -0.368 e. The molecule has 9 heteroatoms. The summed E-state index contributed by atoms with van der Waals surface area (Å²) in [5.41, 5.74) is 0.632. The van der Waals surface area contributed by atoms with Crippen LogP contribution in [0.2, 0.25) is 0 Å². The second-order valence-corrected chi connectivity index (χ2v) is 6.95.